The Morgan fingerprint density at radius 1 is 1.18 bits per heavy atom. The van der Waals surface area contributed by atoms with Crippen LogP contribution in [0.1, 0.15) is 71.8 Å². The molecule has 0 spiro atoms. The van der Waals surface area contributed by atoms with E-state index in [4.69, 9.17) is 30.7 Å². The van der Waals surface area contributed by atoms with Crippen LogP contribution in [0.4, 0.5) is 5.69 Å². The summed E-state index contributed by atoms with van der Waals surface area (Å²) in [5, 5.41) is 31.1. The molecule has 1 aromatic rings. The quantitative estimate of drug-likeness (QED) is 0.205. The number of nitrogens with zero attached hydrogens (tertiary/aromatic N) is 3. The molecule has 1 amide bonds. The zero-order valence-corrected chi connectivity index (χ0v) is 31.4. The molecule has 3 aliphatic heterocycles. The molecule has 2 saturated heterocycles. The summed E-state index contributed by atoms with van der Waals surface area (Å²) < 4.78 is 12.1. The number of esters is 2. The summed E-state index contributed by atoms with van der Waals surface area (Å²) in [7, 11) is 4.80. The summed E-state index contributed by atoms with van der Waals surface area (Å²) in [6.07, 6.45) is 2.95. The molecule has 3 fully saturated rings. The van der Waals surface area contributed by atoms with Crippen LogP contribution in [0, 0.1) is 23.7 Å². The van der Waals surface area contributed by atoms with E-state index in [0.717, 1.165) is 32.2 Å². The Balaban J connectivity index is 1.27. The van der Waals surface area contributed by atoms with E-state index in [1.807, 2.05) is 19.9 Å². The Labute approximate surface area is 305 Å². The Kier molecular flexibility index (Phi) is 10.8. The smallest absolute Gasteiger partial charge is 0.323 e. The minimum Gasteiger partial charge on any atom is -0.454 e. The standard InChI is InChI=1S/C37H53ClN4O9/c1-20-17-26-24(21(2)19-42-16-9-8-13-29(42)33(44)41(6)48-7)15-14-22(3)37(26,47)32(31(20)49-23(4)43)50-34(45)28-18-36(46)25-11-10-12-27(38)30(25)40(5)51-35(36)39-28/h10-12,17,21-22,24,26,28-29,31-32,35,39,46-47H,8-9,13-16,18-19H2,1-7H3/t21?,22-,24+,26-,28+,29?,31-,32+,35-,36-,37-/m1/s1. The summed E-state index contributed by atoms with van der Waals surface area (Å²) in [6.45, 7) is 8.68. The van der Waals surface area contributed by atoms with Gasteiger partial charge in [0.15, 0.2) is 18.4 Å². The summed E-state index contributed by atoms with van der Waals surface area (Å²) in [5.74, 6) is -2.01. The number of hydrogen-bond acceptors (Lipinski definition) is 12. The van der Waals surface area contributed by atoms with Crippen LogP contribution < -0.4 is 10.4 Å². The summed E-state index contributed by atoms with van der Waals surface area (Å²) in [5.41, 5.74) is -1.43. The maximum atomic E-state index is 14.2. The highest BCUT2D eigenvalue weighted by Gasteiger charge is 2.62. The number of halogens is 1. The number of carbonyl (C=O) groups is 3. The van der Waals surface area contributed by atoms with Gasteiger partial charge in [-0.3, -0.25) is 39.3 Å². The molecule has 51 heavy (non-hydrogen) atoms. The van der Waals surface area contributed by atoms with E-state index in [-0.39, 0.29) is 36.1 Å². The maximum absolute atomic E-state index is 14.2. The Hall–Kier alpha value is -2.78. The molecule has 13 nitrogen and oxygen atoms in total. The number of rotatable bonds is 8. The van der Waals surface area contributed by atoms with Gasteiger partial charge in [0.25, 0.3) is 5.91 Å². The first-order valence-corrected chi connectivity index (χ1v) is 18.5. The van der Waals surface area contributed by atoms with Gasteiger partial charge in [-0.1, -0.05) is 50.1 Å². The Bertz CT molecular complexity index is 1540. The molecule has 1 saturated carbocycles. The van der Waals surface area contributed by atoms with Gasteiger partial charge >= 0.3 is 11.9 Å². The number of hydroxylamine groups is 3. The summed E-state index contributed by atoms with van der Waals surface area (Å²) in [6, 6.07) is 3.90. The highest BCUT2D eigenvalue weighted by Crippen LogP contribution is 2.53. The van der Waals surface area contributed by atoms with Crippen molar-refractivity contribution in [3.05, 3.63) is 40.4 Å². The van der Waals surface area contributed by atoms with E-state index >= 15 is 0 Å². The number of carbonyl (C=O) groups excluding carboxylic acids is 3. The zero-order chi connectivity index (χ0) is 37.0. The number of hydrogen-bond donors (Lipinski definition) is 3. The van der Waals surface area contributed by atoms with Crippen LogP contribution in [0.2, 0.25) is 5.02 Å². The van der Waals surface area contributed by atoms with Crippen LogP contribution in [-0.2, 0) is 39.1 Å². The second-order valence-corrected chi connectivity index (χ2v) is 15.7. The minimum absolute atomic E-state index is 0.0168. The first kappa shape index (κ1) is 38.0. The molecule has 1 aromatic carbocycles. The van der Waals surface area contributed by atoms with Crippen LogP contribution in [0.25, 0.3) is 0 Å². The Morgan fingerprint density at radius 3 is 2.63 bits per heavy atom. The molecule has 0 aromatic heterocycles. The van der Waals surface area contributed by atoms with Gasteiger partial charge in [0.05, 0.1) is 23.9 Å². The van der Waals surface area contributed by atoms with E-state index in [0.29, 0.717) is 34.8 Å². The monoisotopic (exact) mass is 732 g/mol. The van der Waals surface area contributed by atoms with Crippen molar-refractivity contribution in [3.63, 3.8) is 0 Å². The van der Waals surface area contributed by atoms with Crippen molar-refractivity contribution < 1.29 is 43.7 Å². The lowest BCUT2D eigenvalue weighted by Gasteiger charge is -2.56. The number of fused-ring (bicyclic) bond motifs is 4. The molecule has 14 heteroatoms. The third-order valence-corrected chi connectivity index (χ3v) is 12.5. The van der Waals surface area contributed by atoms with E-state index < -0.39 is 53.5 Å². The van der Waals surface area contributed by atoms with Crippen LogP contribution in [-0.4, -0.2) is 108 Å². The van der Waals surface area contributed by atoms with E-state index in [2.05, 4.69) is 17.1 Å². The number of piperidine rings is 1. The van der Waals surface area contributed by atoms with Crippen molar-refractivity contribution in [2.75, 3.05) is 39.4 Å². The molecule has 282 valence electrons. The van der Waals surface area contributed by atoms with Crippen molar-refractivity contribution in [3.8, 4) is 0 Å². The Morgan fingerprint density at radius 2 is 1.92 bits per heavy atom. The van der Waals surface area contributed by atoms with Gasteiger partial charge in [-0.15, -0.1) is 0 Å². The normalized spacial score (nSPS) is 37.0. The van der Waals surface area contributed by atoms with Gasteiger partial charge in [0.1, 0.15) is 17.2 Å². The first-order valence-electron chi connectivity index (χ1n) is 18.1. The predicted octanol–water partition coefficient (Wildman–Crippen LogP) is 3.30. The fourth-order valence-corrected chi connectivity index (χ4v) is 9.75. The lowest BCUT2D eigenvalue weighted by atomic mass is 9.55. The van der Waals surface area contributed by atoms with E-state index in [1.54, 1.807) is 32.3 Å². The summed E-state index contributed by atoms with van der Waals surface area (Å²) in [4.78, 5) is 53.2. The first-order chi connectivity index (χ1) is 24.1. The number of para-hydroxylation sites is 1. The van der Waals surface area contributed by atoms with Crippen LogP contribution in [0.15, 0.2) is 29.8 Å². The zero-order valence-electron chi connectivity index (χ0n) is 30.6. The van der Waals surface area contributed by atoms with E-state index in [9.17, 15) is 24.6 Å². The number of likely N-dealkylation sites (N-methyl/N-ethyl adjacent to an activating group) is 1. The lowest BCUT2D eigenvalue weighted by Crippen LogP contribution is -2.66. The van der Waals surface area contributed by atoms with Gasteiger partial charge in [0.2, 0.25) is 0 Å². The van der Waals surface area contributed by atoms with Crippen molar-refractivity contribution in [2.45, 2.75) is 108 Å². The molecule has 5 aliphatic rings. The fourth-order valence-electron chi connectivity index (χ4n) is 9.45. The molecular formula is C37H53ClN4O9. The van der Waals surface area contributed by atoms with Crippen LogP contribution in [0.5, 0.6) is 0 Å². The van der Waals surface area contributed by atoms with Gasteiger partial charge in [-0.2, -0.15) is 0 Å². The van der Waals surface area contributed by atoms with Gasteiger partial charge in [-0.25, -0.2) is 5.06 Å². The number of ether oxygens (including phenoxy) is 2. The number of amides is 1. The van der Waals surface area contributed by atoms with Crippen molar-refractivity contribution in [1.82, 2.24) is 15.3 Å². The van der Waals surface area contributed by atoms with Crippen molar-refractivity contribution in [2.24, 2.45) is 23.7 Å². The molecule has 0 bridgehead atoms. The highest BCUT2D eigenvalue weighted by atomic mass is 35.5. The maximum Gasteiger partial charge on any atom is 0.323 e. The van der Waals surface area contributed by atoms with Gasteiger partial charge in [0, 0.05) is 45.5 Å². The minimum atomic E-state index is -1.59. The number of anilines is 1. The number of aliphatic hydroxyl groups is 2. The third-order valence-electron chi connectivity index (χ3n) is 12.2. The third kappa shape index (κ3) is 6.68. The highest BCUT2D eigenvalue weighted by molar-refractivity contribution is 6.33. The topological polar surface area (TPSA) is 150 Å². The lowest BCUT2D eigenvalue weighted by molar-refractivity contribution is -0.225. The second kappa shape index (κ2) is 14.6. The van der Waals surface area contributed by atoms with Gasteiger partial charge in [-0.05, 0) is 68.5 Å². The SMILES string of the molecule is CON(C)C(=O)C1CCCCN1CC(C)[C@@H]1CC[C@@H](C)[C@@]2(O)[C@@H]1C=C(C)[C@@H](OC(C)=O)[C@@H]2OC(=O)[C@@H]1C[C@@]2(O)c3cccc(Cl)c3N(C)O[C@H]2N1. The molecule has 2 unspecified atom stereocenters. The van der Waals surface area contributed by atoms with Crippen LogP contribution >= 0.6 is 11.6 Å². The number of nitrogens with one attached hydrogen (secondary N) is 1. The van der Waals surface area contributed by atoms with Crippen molar-refractivity contribution >= 4 is 35.1 Å². The van der Waals surface area contributed by atoms with E-state index in [1.165, 1.54) is 24.2 Å². The molecule has 0 radical (unpaired) electrons. The number of likely N-dealkylation sites (tertiary alicyclic amines) is 1. The average molecular weight is 733 g/mol. The van der Waals surface area contributed by atoms with Crippen molar-refractivity contribution in [1.29, 1.82) is 0 Å². The second-order valence-electron chi connectivity index (χ2n) is 15.3. The van der Waals surface area contributed by atoms with Gasteiger partial charge < -0.3 is 19.7 Å². The average Bonchev–Trinajstić information content (AvgIpc) is 3.44. The largest absolute Gasteiger partial charge is 0.454 e. The molecule has 3 heterocycles. The molecule has 6 rings (SSSR count). The number of benzene rings is 1. The molecule has 3 N–H and O–H groups in total. The fraction of sp³-hybridized carbons (Fsp3) is 0.703. The molecule has 11 atom stereocenters. The van der Waals surface area contributed by atoms with Crippen LogP contribution in [0.3, 0.4) is 0 Å². The molecule has 2 aliphatic carbocycles. The predicted molar refractivity (Wildman–Crippen MR) is 188 cm³/mol. The summed E-state index contributed by atoms with van der Waals surface area (Å²) >= 11 is 6.47. The molecular weight excluding hydrogens is 680 g/mol.